The average molecular weight is 290 g/mol. The fraction of sp³-hybridized carbons (Fsp3) is 0.667. The Kier molecular flexibility index (Phi) is 5.28. The Hall–Kier alpha value is -1.06. The average Bonchev–Trinajstić information content (AvgIpc) is 2.74. The number of rotatable bonds is 6. The van der Waals surface area contributed by atoms with Crippen molar-refractivity contribution in [3.05, 3.63) is 29.3 Å². The Bertz CT molecular complexity index is 460. The molecule has 2 unspecified atom stereocenters. The lowest BCUT2D eigenvalue weighted by Crippen LogP contribution is -2.44. The van der Waals surface area contributed by atoms with Crippen LogP contribution >= 0.6 is 0 Å². The van der Waals surface area contributed by atoms with Gasteiger partial charge in [0.05, 0.1) is 7.11 Å². The van der Waals surface area contributed by atoms with E-state index in [1.807, 2.05) is 6.07 Å². The van der Waals surface area contributed by atoms with Gasteiger partial charge in [0.25, 0.3) is 0 Å². The maximum atomic E-state index is 6.57. The number of hydrogen-bond donors (Lipinski definition) is 1. The summed E-state index contributed by atoms with van der Waals surface area (Å²) in [5.74, 6) is 2.23. The van der Waals surface area contributed by atoms with E-state index >= 15 is 0 Å². The van der Waals surface area contributed by atoms with Crippen LogP contribution in [-0.4, -0.2) is 31.1 Å². The predicted molar refractivity (Wildman–Crippen MR) is 88.7 cm³/mol. The number of nitrogens with zero attached hydrogens (tertiary/aromatic N) is 1. The quantitative estimate of drug-likeness (QED) is 0.874. The lowest BCUT2D eigenvalue weighted by atomic mass is 10.0. The van der Waals surface area contributed by atoms with E-state index in [0.717, 1.165) is 25.3 Å². The van der Waals surface area contributed by atoms with Crippen LogP contribution in [0.25, 0.3) is 0 Å². The highest BCUT2D eigenvalue weighted by molar-refractivity contribution is 5.42. The highest BCUT2D eigenvalue weighted by Gasteiger charge is 2.34. The third-order valence-corrected chi connectivity index (χ3v) is 4.22. The first-order valence-corrected chi connectivity index (χ1v) is 8.08. The number of nitrogens with two attached hydrogens (primary N) is 1. The molecule has 1 aromatic carbocycles. The van der Waals surface area contributed by atoms with Gasteiger partial charge in [-0.15, -0.1) is 0 Å². The van der Waals surface area contributed by atoms with Gasteiger partial charge in [-0.3, -0.25) is 4.90 Å². The Morgan fingerprint density at radius 1 is 1.19 bits per heavy atom. The van der Waals surface area contributed by atoms with Gasteiger partial charge >= 0.3 is 0 Å². The molecule has 0 spiro atoms. The second-order valence-corrected chi connectivity index (χ2v) is 7.10. The zero-order chi connectivity index (χ0) is 15.6. The second-order valence-electron chi connectivity index (χ2n) is 7.10. The minimum absolute atomic E-state index is 0.0904. The van der Waals surface area contributed by atoms with Crippen LogP contribution < -0.4 is 10.5 Å². The highest BCUT2D eigenvalue weighted by atomic mass is 16.5. The molecule has 3 nitrogen and oxygen atoms in total. The van der Waals surface area contributed by atoms with E-state index < -0.39 is 0 Å². The third-order valence-electron chi connectivity index (χ3n) is 4.22. The number of fused-ring (bicyclic) bond motifs is 1. The zero-order valence-electron chi connectivity index (χ0n) is 14.1. The van der Waals surface area contributed by atoms with Crippen molar-refractivity contribution in [2.45, 2.75) is 46.2 Å². The maximum Gasteiger partial charge on any atom is 0.119 e. The summed E-state index contributed by atoms with van der Waals surface area (Å²) in [6.07, 6.45) is 1.06. The predicted octanol–water partition coefficient (Wildman–Crippen LogP) is 3.23. The van der Waals surface area contributed by atoms with E-state index in [9.17, 15) is 0 Å². The number of benzene rings is 1. The van der Waals surface area contributed by atoms with Crippen LogP contribution in [0, 0.1) is 11.8 Å². The zero-order valence-corrected chi connectivity index (χ0v) is 14.1. The van der Waals surface area contributed by atoms with E-state index in [2.05, 4.69) is 44.7 Å². The molecule has 1 aromatic rings. The summed E-state index contributed by atoms with van der Waals surface area (Å²) in [4.78, 5) is 2.59. The monoisotopic (exact) mass is 290 g/mol. The molecule has 0 saturated carbocycles. The van der Waals surface area contributed by atoms with Crippen LogP contribution in [0.15, 0.2) is 18.2 Å². The van der Waals surface area contributed by atoms with Crippen molar-refractivity contribution in [1.82, 2.24) is 4.90 Å². The van der Waals surface area contributed by atoms with Crippen molar-refractivity contribution in [1.29, 1.82) is 0 Å². The standard InChI is InChI=1S/C18H30N2O/c1-12(2)10-20(11-13(3)4)17-8-14-6-7-15(21-5)9-16(14)18(17)19/h6-7,9,12-13,17-18H,8,10-11,19H2,1-5H3. The SMILES string of the molecule is COc1ccc2c(c1)C(N)C(N(CC(C)C)CC(C)C)C2. The van der Waals surface area contributed by atoms with Gasteiger partial charge in [0, 0.05) is 25.2 Å². The van der Waals surface area contributed by atoms with Gasteiger partial charge in [-0.1, -0.05) is 33.8 Å². The van der Waals surface area contributed by atoms with Crippen molar-refractivity contribution >= 4 is 0 Å². The Morgan fingerprint density at radius 2 is 1.81 bits per heavy atom. The van der Waals surface area contributed by atoms with Gasteiger partial charge in [0.15, 0.2) is 0 Å². The largest absolute Gasteiger partial charge is 0.497 e. The smallest absolute Gasteiger partial charge is 0.119 e. The summed E-state index contributed by atoms with van der Waals surface area (Å²) in [6.45, 7) is 11.4. The Morgan fingerprint density at radius 3 is 2.33 bits per heavy atom. The minimum Gasteiger partial charge on any atom is -0.497 e. The van der Waals surface area contributed by atoms with Crippen LogP contribution in [0.3, 0.4) is 0 Å². The van der Waals surface area contributed by atoms with Gasteiger partial charge in [0.2, 0.25) is 0 Å². The molecule has 2 atom stereocenters. The summed E-state index contributed by atoms with van der Waals surface area (Å²) in [6, 6.07) is 6.84. The van der Waals surface area contributed by atoms with Crippen molar-refractivity contribution in [3.8, 4) is 5.75 Å². The lowest BCUT2D eigenvalue weighted by molar-refractivity contribution is 0.143. The summed E-state index contributed by atoms with van der Waals surface area (Å²) < 4.78 is 5.34. The molecule has 21 heavy (non-hydrogen) atoms. The molecule has 2 rings (SSSR count). The van der Waals surface area contributed by atoms with Crippen molar-refractivity contribution < 1.29 is 4.74 Å². The minimum atomic E-state index is 0.0904. The second kappa shape index (κ2) is 6.80. The fourth-order valence-electron chi connectivity index (χ4n) is 3.40. The third kappa shape index (κ3) is 3.78. The molecule has 0 saturated heterocycles. The molecule has 0 aromatic heterocycles. The van der Waals surface area contributed by atoms with E-state index in [1.54, 1.807) is 7.11 Å². The first-order valence-electron chi connectivity index (χ1n) is 8.08. The van der Waals surface area contributed by atoms with Gasteiger partial charge < -0.3 is 10.5 Å². The van der Waals surface area contributed by atoms with Crippen molar-refractivity contribution in [3.63, 3.8) is 0 Å². The van der Waals surface area contributed by atoms with Crippen LogP contribution in [-0.2, 0) is 6.42 Å². The first kappa shape index (κ1) is 16.3. The highest BCUT2D eigenvalue weighted by Crippen LogP contribution is 2.35. The van der Waals surface area contributed by atoms with E-state index in [4.69, 9.17) is 10.5 Å². The summed E-state index contributed by atoms with van der Waals surface area (Å²) >= 11 is 0. The van der Waals surface area contributed by atoms with Crippen molar-refractivity contribution in [2.24, 2.45) is 17.6 Å². The van der Waals surface area contributed by atoms with Crippen LogP contribution in [0.4, 0.5) is 0 Å². The normalized spacial score (nSPS) is 21.4. The van der Waals surface area contributed by atoms with Gasteiger partial charge in [-0.2, -0.15) is 0 Å². The molecule has 2 N–H and O–H groups in total. The van der Waals surface area contributed by atoms with E-state index in [1.165, 1.54) is 11.1 Å². The molecule has 3 heteroatoms. The fourth-order valence-corrected chi connectivity index (χ4v) is 3.40. The summed E-state index contributed by atoms with van der Waals surface area (Å²) in [5, 5.41) is 0. The maximum absolute atomic E-state index is 6.57. The molecular formula is C18H30N2O. The molecular weight excluding hydrogens is 260 g/mol. The summed E-state index contributed by atoms with van der Waals surface area (Å²) in [5.41, 5.74) is 9.21. The summed E-state index contributed by atoms with van der Waals surface area (Å²) in [7, 11) is 1.71. The Balaban J connectivity index is 2.20. The molecule has 0 aliphatic heterocycles. The van der Waals surface area contributed by atoms with Crippen LogP contribution in [0.2, 0.25) is 0 Å². The lowest BCUT2D eigenvalue weighted by Gasteiger charge is -2.34. The first-order chi connectivity index (χ1) is 9.92. The van der Waals surface area contributed by atoms with Gasteiger partial charge in [0.1, 0.15) is 5.75 Å². The molecule has 0 fully saturated rings. The van der Waals surface area contributed by atoms with Gasteiger partial charge in [-0.05, 0) is 41.5 Å². The van der Waals surface area contributed by atoms with Crippen LogP contribution in [0.1, 0.15) is 44.9 Å². The van der Waals surface area contributed by atoms with E-state index in [0.29, 0.717) is 17.9 Å². The topological polar surface area (TPSA) is 38.5 Å². The Labute approximate surface area is 129 Å². The van der Waals surface area contributed by atoms with Crippen LogP contribution in [0.5, 0.6) is 5.75 Å². The molecule has 1 aliphatic rings. The van der Waals surface area contributed by atoms with E-state index in [-0.39, 0.29) is 6.04 Å². The number of hydrogen-bond acceptors (Lipinski definition) is 3. The number of methoxy groups -OCH3 is 1. The molecule has 0 heterocycles. The number of ether oxygens (including phenoxy) is 1. The van der Waals surface area contributed by atoms with Crippen molar-refractivity contribution in [2.75, 3.05) is 20.2 Å². The molecule has 0 amide bonds. The molecule has 118 valence electrons. The van der Waals surface area contributed by atoms with Gasteiger partial charge in [-0.25, -0.2) is 0 Å². The molecule has 0 radical (unpaired) electrons. The molecule has 0 bridgehead atoms. The molecule has 1 aliphatic carbocycles.